The van der Waals surface area contributed by atoms with Crippen molar-refractivity contribution in [1.29, 1.82) is 0 Å². The molecule has 7 N–H and O–H groups in total. The van der Waals surface area contributed by atoms with Gasteiger partial charge in [0.15, 0.2) is 0 Å². The van der Waals surface area contributed by atoms with Crippen LogP contribution in [0.1, 0.15) is 80.5 Å². The molecule has 47 heavy (non-hydrogen) atoms. The topological polar surface area (TPSA) is 217 Å². The van der Waals surface area contributed by atoms with E-state index >= 15 is 0 Å². The van der Waals surface area contributed by atoms with Crippen LogP contribution in [0.5, 0.6) is 0 Å². The van der Waals surface area contributed by atoms with E-state index in [1.807, 2.05) is 0 Å². The third kappa shape index (κ3) is 12.6. The Hall–Kier alpha value is -4.63. The van der Waals surface area contributed by atoms with Crippen LogP contribution in [0.2, 0.25) is 0 Å². The Kier molecular flexibility index (Phi) is 13.8. The zero-order chi connectivity index (χ0) is 35.5. The lowest BCUT2D eigenvalue weighted by atomic mass is 9.83. The van der Waals surface area contributed by atoms with Gasteiger partial charge in [-0.1, -0.05) is 52.2 Å². The maximum absolute atomic E-state index is 14.3. The molecule has 0 radical (unpaired) electrons. The van der Waals surface area contributed by atoms with E-state index in [1.165, 1.54) is 24.3 Å². The molecule has 2 unspecified atom stereocenters. The van der Waals surface area contributed by atoms with E-state index in [0.717, 1.165) is 19.3 Å². The van der Waals surface area contributed by atoms with Crippen molar-refractivity contribution in [2.24, 2.45) is 17.1 Å². The zero-order valence-corrected chi connectivity index (χ0v) is 27.0. The van der Waals surface area contributed by atoms with E-state index < -0.39 is 91.0 Å². The van der Waals surface area contributed by atoms with Gasteiger partial charge >= 0.3 is 5.97 Å². The number of nitrogens with one attached hydrogen (secondary N) is 4. The Morgan fingerprint density at radius 1 is 0.894 bits per heavy atom. The number of primary amides is 1. The van der Waals surface area contributed by atoms with Gasteiger partial charge in [-0.2, -0.15) is 0 Å². The Labute approximate surface area is 271 Å². The molecule has 1 saturated carbocycles. The molecule has 0 spiro atoms. The monoisotopic (exact) mass is 666 g/mol. The van der Waals surface area contributed by atoms with Gasteiger partial charge in [-0.3, -0.25) is 28.8 Å². The molecule has 0 saturated heterocycles. The first-order valence-electron chi connectivity index (χ1n) is 15.2. The lowest BCUT2D eigenvalue weighted by Crippen LogP contribution is -2.60. The van der Waals surface area contributed by atoms with Crippen LogP contribution in [0.3, 0.4) is 0 Å². The standard InChI is InChI=1S/C31H44F2N6O8/c1-30(2,3)25(38-22(41)15-36-26(43)19-12-8-9-13-20(19)29(46)47)28(45)39(17-31(4,32)33)16-23(42)37-24(18-10-6-5-7-11-18)27(44)35-14-21(34)40/h8-9,12-13,18,24-25H,5-7,10-11,14-17H2,1-4H3,(H2,34,40)(H,35,44)(H,36,43)(H,37,42)(H,38,41)(H,46,47). The van der Waals surface area contributed by atoms with Crippen LogP contribution in [0.4, 0.5) is 8.78 Å². The lowest BCUT2D eigenvalue weighted by molar-refractivity contribution is -0.146. The van der Waals surface area contributed by atoms with Gasteiger partial charge in [0.1, 0.15) is 12.1 Å². The molecule has 1 fully saturated rings. The summed E-state index contributed by atoms with van der Waals surface area (Å²) < 4.78 is 28.6. The SMILES string of the molecule is CC(F)(F)CN(CC(=O)NC(C(=O)NCC(N)=O)C1CCCCC1)C(=O)C(NC(=O)CNC(=O)c1ccccc1C(=O)O)C(C)(C)C. The summed E-state index contributed by atoms with van der Waals surface area (Å²) in [5, 5.41) is 18.9. The highest BCUT2D eigenvalue weighted by Crippen LogP contribution is 2.27. The predicted molar refractivity (Wildman–Crippen MR) is 165 cm³/mol. The quantitative estimate of drug-likeness (QED) is 0.157. The largest absolute Gasteiger partial charge is 0.478 e. The van der Waals surface area contributed by atoms with Gasteiger partial charge < -0.3 is 37.0 Å². The van der Waals surface area contributed by atoms with Gasteiger partial charge in [-0.15, -0.1) is 0 Å². The van der Waals surface area contributed by atoms with Crippen molar-refractivity contribution in [2.45, 2.75) is 77.8 Å². The summed E-state index contributed by atoms with van der Waals surface area (Å²) in [6.07, 6.45) is 3.73. The number of carboxylic acid groups (broad SMARTS) is 1. The van der Waals surface area contributed by atoms with Crippen molar-refractivity contribution in [1.82, 2.24) is 26.2 Å². The van der Waals surface area contributed by atoms with Crippen molar-refractivity contribution >= 4 is 41.4 Å². The number of halogens is 2. The van der Waals surface area contributed by atoms with Crippen LogP contribution < -0.4 is 27.0 Å². The number of carboxylic acids is 1. The number of alkyl halides is 2. The number of hydrogen-bond acceptors (Lipinski definition) is 7. The average Bonchev–Trinajstić information content (AvgIpc) is 2.98. The van der Waals surface area contributed by atoms with Crippen molar-refractivity contribution < 1.29 is 47.4 Å². The van der Waals surface area contributed by atoms with Crippen molar-refractivity contribution in [3.05, 3.63) is 35.4 Å². The Morgan fingerprint density at radius 2 is 1.49 bits per heavy atom. The highest BCUT2D eigenvalue weighted by Gasteiger charge is 2.40. The molecule has 16 heteroatoms. The fourth-order valence-electron chi connectivity index (χ4n) is 5.26. The van der Waals surface area contributed by atoms with Crippen molar-refractivity contribution in [3.63, 3.8) is 0 Å². The summed E-state index contributed by atoms with van der Waals surface area (Å²) in [5.74, 6) is -10.2. The molecule has 1 aromatic rings. The smallest absolute Gasteiger partial charge is 0.336 e. The second kappa shape index (κ2) is 16.8. The highest BCUT2D eigenvalue weighted by atomic mass is 19.3. The van der Waals surface area contributed by atoms with Crippen LogP contribution in [-0.2, 0) is 24.0 Å². The maximum atomic E-state index is 14.3. The van der Waals surface area contributed by atoms with E-state index in [1.54, 1.807) is 20.8 Å². The first kappa shape index (κ1) is 38.6. The van der Waals surface area contributed by atoms with Crippen LogP contribution in [-0.4, -0.2) is 95.6 Å². The summed E-state index contributed by atoms with van der Waals surface area (Å²) in [4.78, 5) is 88.6. The Balaban J connectivity index is 2.22. The normalized spacial score (nSPS) is 15.0. The molecule has 1 aromatic carbocycles. The Morgan fingerprint density at radius 3 is 2.02 bits per heavy atom. The molecule has 0 aliphatic heterocycles. The van der Waals surface area contributed by atoms with E-state index in [0.29, 0.717) is 24.7 Å². The number of rotatable bonds is 15. The summed E-state index contributed by atoms with van der Waals surface area (Å²) in [6.45, 7) is 2.02. The number of benzene rings is 1. The minimum absolute atomic E-state index is 0.201. The van der Waals surface area contributed by atoms with Crippen LogP contribution in [0, 0.1) is 11.3 Å². The van der Waals surface area contributed by atoms with Crippen LogP contribution in [0.15, 0.2) is 24.3 Å². The molecule has 1 aliphatic carbocycles. The Bertz CT molecular complexity index is 1340. The van der Waals surface area contributed by atoms with Gasteiger partial charge in [0.05, 0.1) is 37.3 Å². The van der Waals surface area contributed by atoms with Gasteiger partial charge in [0, 0.05) is 6.92 Å². The first-order chi connectivity index (χ1) is 21.8. The molecule has 260 valence electrons. The summed E-state index contributed by atoms with van der Waals surface area (Å²) in [5.41, 5.74) is 3.57. The third-order valence-corrected chi connectivity index (χ3v) is 7.50. The molecular weight excluding hydrogens is 622 g/mol. The second-order valence-corrected chi connectivity index (χ2v) is 12.8. The molecule has 6 amide bonds. The lowest BCUT2D eigenvalue weighted by Gasteiger charge is -2.36. The maximum Gasteiger partial charge on any atom is 0.336 e. The molecule has 2 atom stereocenters. The number of nitrogens with two attached hydrogens (primary N) is 1. The van der Waals surface area contributed by atoms with Crippen molar-refractivity contribution in [2.75, 3.05) is 26.2 Å². The molecule has 2 rings (SSSR count). The van der Waals surface area contributed by atoms with Crippen molar-refractivity contribution in [3.8, 4) is 0 Å². The predicted octanol–water partition coefficient (Wildman–Crippen LogP) is 0.796. The molecule has 0 aromatic heterocycles. The minimum atomic E-state index is -3.45. The number of carbonyl (C=O) groups excluding carboxylic acids is 6. The fourth-order valence-corrected chi connectivity index (χ4v) is 5.26. The summed E-state index contributed by atoms with van der Waals surface area (Å²) in [7, 11) is 0. The van der Waals surface area contributed by atoms with Gasteiger partial charge in [-0.05, 0) is 36.3 Å². The first-order valence-corrected chi connectivity index (χ1v) is 15.2. The van der Waals surface area contributed by atoms with Crippen LogP contribution >= 0.6 is 0 Å². The molecule has 14 nitrogen and oxygen atoms in total. The van der Waals surface area contributed by atoms with E-state index in [2.05, 4.69) is 21.3 Å². The second-order valence-electron chi connectivity index (χ2n) is 12.8. The van der Waals surface area contributed by atoms with E-state index in [4.69, 9.17) is 5.73 Å². The molecule has 0 heterocycles. The van der Waals surface area contributed by atoms with Gasteiger partial charge in [-0.25, -0.2) is 13.6 Å². The number of amides is 6. The average molecular weight is 667 g/mol. The summed E-state index contributed by atoms with van der Waals surface area (Å²) in [6, 6.07) is 2.79. The van der Waals surface area contributed by atoms with Gasteiger partial charge in [0.25, 0.3) is 11.8 Å². The van der Waals surface area contributed by atoms with E-state index in [-0.39, 0.29) is 17.0 Å². The minimum Gasteiger partial charge on any atom is -0.478 e. The molecular formula is C31H44F2N6O8. The number of hydrogen-bond donors (Lipinski definition) is 6. The number of nitrogens with zero attached hydrogens (tertiary/aromatic N) is 1. The number of aromatic carboxylic acids is 1. The fraction of sp³-hybridized carbons (Fsp3) is 0.581. The molecule has 0 bridgehead atoms. The van der Waals surface area contributed by atoms with E-state index in [9.17, 15) is 47.4 Å². The number of carbonyl (C=O) groups is 7. The highest BCUT2D eigenvalue weighted by molar-refractivity contribution is 6.05. The summed E-state index contributed by atoms with van der Waals surface area (Å²) >= 11 is 0. The third-order valence-electron chi connectivity index (χ3n) is 7.50. The van der Waals surface area contributed by atoms with Crippen LogP contribution in [0.25, 0.3) is 0 Å². The zero-order valence-electron chi connectivity index (χ0n) is 27.0. The van der Waals surface area contributed by atoms with Gasteiger partial charge in [0.2, 0.25) is 29.5 Å². The molecule has 1 aliphatic rings.